The van der Waals surface area contributed by atoms with Crippen molar-refractivity contribution in [3.05, 3.63) is 178 Å². The molecule has 0 fully saturated rings. The molecule has 22 heteroatoms. The second-order valence-electron chi connectivity index (χ2n) is 12.8. The number of methoxy groups -OCH3 is 3. The molecular weight excluding hydrogens is 1390 g/mol. The van der Waals surface area contributed by atoms with Gasteiger partial charge in [-0.05, 0) is 12.1 Å². The Morgan fingerprint density at radius 2 is 0.958 bits per heavy atom. The van der Waals surface area contributed by atoms with E-state index < -0.39 is 28.7 Å². The molecule has 0 aliphatic rings. The first-order chi connectivity index (χ1) is 32.8. The van der Waals surface area contributed by atoms with E-state index in [0.717, 1.165) is 27.0 Å². The van der Waals surface area contributed by atoms with E-state index in [1.165, 1.54) is 38.5 Å². The molecule has 1 aromatic heterocycles. The van der Waals surface area contributed by atoms with Crippen LogP contribution < -0.4 is 43.5 Å². The number of fused-ring (bicyclic) bond motifs is 1. The number of nitrogens with two attached hydrogens (primary N) is 2. The molecule has 0 saturated heterocycles. The molecule has 0 amide bonds. The summed E-state index contributed by atoms with van der Waals surface area (Å²) in [5, 5.41) is 40.9. The van der Waals surface area contributed by atoms with E-state index in [1.807, 2.05) is 60.7 Å². The van der Waals surface area contributed by atoms with E-state index in [1.54, 1.807) is 74.9 Å². The molecular formula is C49H53Cl2N5O9Se5Sn. The number of nitrogens with zero attached hydrogens (tertiary/aromatic N) is 3. The van der Waals surface area contributed by atoms with Crippen LogP contribution in [0.2, 0.25) is 0 Å². The summed E-state index contributed by atoms with van der Waals surface area (Å²) >= 11 is -0.126. The van der Waals surface area contributed by atoms with Gasteiger partial charge in [0.25, 0.3) is 0 Å². The first kappa shape index (κ1) is 64.6. The van der Waals surface area contributed by atoms with Gasteiger partial charge in [-0.1, -0.05) is 22.3 Å². The van der Waals surface area contributed by atoms with E-state index in [-0.39, 0.29) is 85.9 Å². The van der Waals surface area contributed by atoms with Gasteiger partial charge in [-0.2, -0.15) is 0 Å². The number of halogens is 2. The van der Waals surface area contributed by atoms with Crippen molar-refractivity contribution in [3.8, 4) is 38.9 Å². The van der Waals surface area contributed by atoms with Crippen molar-refractivity contribution in [2.75, 3.05) is 32.8 Å². The molecule has 0 atom stereocenters. The van der Waals surface area contributed by atoms with E-state index in [9.17, 15) is 30.4 Å². The van der Waals surface area contributed by atoms with Gasteiger partial charge in [-0.3, -0.25) is 0 Å². The Kier molecular flexibility index (Phi) is 31.7. The number of anilines is 2. The number of para-hydroxylation sites is 5. The second-order valence-corrected chi connectivity index (χ2v) is 31.6. The number of ether oxygens (including phenoxy) is 3. The summed E-state index contributed by atoms with van der Waals surface area (Å²) in [7, 11) is 14.5. The van der Waals surface area contributed by atoms with Crippen LogP contribution in [0.3, 0.4) is 0 Å². The number of nitro groups is 2. The topological polar surface area (TPSA) is 219 Å². The molecule has 8 aromatic rings. The number of benzene rings is 7. The van der Waals surface area contributed by atoms with Crippen LogP contribution in [0.1, 0.15) is 22.3 Å². The summed E-state index contributed by atoms with van der Waals surface area (Å²) in [5.74, 6) is 1.80. The van der Waals surface area contributed by atoms with Gasteiger partial charge in [0, 0.05) is 6.07 Å². The standard InChI is InChI=1S/C14H11NO2Se.C12H8N2O4Se2.C12H12N2Se2.C8H10O3.3CH4.2ClH.Sn/c1-17-12-7-6-9(8-11(12)16)14-15-10-4-2-3-5-13(10)18-14;15-13(16)9-5-1-3-7-11(9)19-20-12-8-4-2-6-10(12)14(17)18;13-9-5-1-3-7-11(9)15-16-12-8-4-2-6-10(12)14;1-10-6-3-4-8(11-2)7(9)5-6;;;;;;/h2-8,16H,1H3;1-8H;1-8H,13-14H2;3-5,9H,1-2H3;3*1H4;2*1H;/q;;;;;;;;;+2/p-2. The van der Waals surface area contributed by atoms with Crippen molar-refractivity contribution >= 4 is 154 Å². The number of phenols is 2. The zero-order chi connectivity index (χ0) is 49.4. The summed E-state index contributed by atoms with van der Waals surface area (Å²) in [4.78, 5) is 25.6. The normalized spacial score (nSPS) is 9.59. The van der Waals surface area contributed by atoms with Gasteiger partial charge in [0.15, 0.2) is 11.5 Å². The first-order valence-electron chi connectivity index (χ1n) is 19.3. The fourth-order valence-electron chi connectivity index (χ4n) is 5.26. The molecule has 0 aliphatic carbocycles. The summed E-state index contributed by atoms with van der Waals surface area (Å²) in [6.07, 6.45) is 0. The van der Waals surface area contributed by atoms with Gasteiger partial charge in [0.05, 0.1) is 14.2 Å². The molecule has 1 heterocycles. The van der Waals surface area contributed by atoms with Crippen LogP contribution >= 0.6 is 17.8 Å². The SMILES string of the molecule is C.C.C.COc1ccc(-c2nc3ccccc3[se]2)cc1O.COc1ccc(OC)c(O)c1.Nc1ccccc1[Se][Se]c1ccccc1N.O=[N+]([O-])c1ccccc1[Se][Se]c1ccccc1[N+](=O)[O-].[Cl][Sn][Cl]. The van der Waals surface area contributed by atoms with Crippen LogP contribution in [-0.2, 0) is 0 Å². The van der Waals surface area contributed by atoms with Gasteiger partial charge in [-0.25, -0.2) is 0 Å². The predicted molar refractivity (Wildman–Crippen MR) is 301 cm³/mol. The third-order valence-electron chi connectivity index (χ3n) is 8.51. The number of aromatic nitrogens is 1. The maximum atomic E-state index is 10.9. The minimum absolute atomic E-state index is 0. The number of rotatable bonds is 12. The number of nitrogen functional groups attached to an aromatic ring is 2. The van der Waals surface area contributed by atoms with E-state index in [2.05, 4.69) is 23.2 Å². The first-order valence-corrected chi connectivity index (χ1v) is 40.3. The Morgan fingerprint density at radius 1 is 0.563 bits per heavy atom. The molecule has 71 heavy (non-hydrogen) atoms. The number of hydrogen-bond donors (Lipinski definition) is 4. The van der Waals surface area contributed by atoms with Gasteiger partial charge < -0.3 is 14.6 Å². The molecule has 0 bridgehead atoms. The van der Waals surface area contributed by atoms with Crippen molar-refractivity contribution in [1.82, 2.24) is 4.98 Å². The van der Waals surface area contributed by atoms with Crippen molar-refractivity contribution in [2.24, 2.45) is 0 Å². The van der Waals surface area contributed by atoms with E-state index in [4.69, 9.17) is 43.5 Å². The fourth-order valence-corrected chi connectivity index (χ4v) is 21.1. The van der Waals surface area contributed by atoms with Crippen molar-refractivity contribution in [1.29, 1.82) is 0 Å². The van der Waals surface area contributed by atoms with E-state index in [0.29, 0.717) is 52.4 Å². The molecule has 0 saturated carbocycles. The van der Waals surface area contributed by atoms with Crippen LogP contribution in [0.4, 0.5) is 22.7 Å². The number of aromatic hydroxyl groups is 2. The average molecular weight is 1440 g/mol. The summed E-state index contributed by atoms with van der Waals surface area (Å²) in [6, 6.07) is 47.7. The molecule has 0 aliphatic heterocycles. The van der Waals surface area contributed by atoms with Crippen molar-refractivity contribution in [2.45, 2.75) is 22.3 Å². The number of hydrogen-bond acceptors (Lipinski definition) is 12. The van der Waals surface area contributed by atoms with Crippen LogP contribution in [0.5, 0.6) is 28.7 Å². The van der Waals surface area contributed by atoms with Crippen molar-refractivity contribution in [3.63, 3.8) is 0 Å². The number of nitro benzene ring substituents is 2. The van der Waals surface area contributed by atoms with E-state index >= 15 is 0 Å². The van der Waals surface area contributed by atoms with Crippen LogP contribution in [0.15, 0.2) is 158 Å². The molecule has 0 spiro atoms. The Hall–Kier alpha value is -4.41. The molecule has 6 N–H and O–H groups in total. The molecule has 14 nitrogen and oxygen atoms in total. The molecule has 376 valence electrons. The van der Waals surface area contributed by atoms with Gasteiger partial charge in [-0.15, -0.1) is 0 Å². The van der Waals surface area contributed by atoms with Gasteiger partial charge in [0.2, 0.25) is 0 Å². The third kappa shape index (κ3) is 20.9. The summed E-state index contributed by atoms with van der Waals surface area (Å²) in [6.45, 7) is 0. The molecule has 2 radical (unpaired) electrons. The van der Waals surface area contributed by atoms with Crippen LogP contribution in [-0.4, -0.2) is 132 Å². The second kappa shape index (κ2) is 34.9. The zero-order valence-corrected chi connectivity index (χ0v) is 49.0. The molecule has 7 aromatic carbocycles. The van der Waals surface area contributed by atoms with Gasteiger partial charge in [0.1, 0.15) is 5.75 Å². The maximum absolute atomic E-state index is 10.9. The summed E-state index contributed by atoms with van der Waals surface area (Å²) < 4.78 is 21.0. The predicted octanol–water partition coefficient (Wildman–Crippen LogP) is 7.89. The van der Waals surface area contributed by atoms with Gasteiger partial charge >= 0.3 is 379 Å². The van der Waals surface area contributed by atoms with Crippen molar-refractivity contribution < 1.29 is 34.3 Å². The summed E-state index contributed by atoms with van der Waals surface area (Å²) in [5.41, 5.74) is 15.8. The van der Waals surface area contributed by atoms with Crippen LogP contribution in [0.25, 0.3) is 19.9 Å². The Morgan fingerprint density at radius 3 is 1.37 bits per heavy atom. The third-order valence-corrected chi connectivity index (χ3v) is 25.3. The average Bonchev–Trinajstić information content (AvgIpc) is 3.79. The Bertz CT molecular complexity index is 2750. The fraction of sp³-hybridized carbons (Fsp3) is 0.122. The molecule has 0 unspecified atom stereocenters. The quantitative estimate of drug-likeness (QED) is 0.0397. The molecule has 8 rings (SSSR count). The van der Waals surface area contributed by atoms with Crippen LogP contribution in [0, 0.1) is 20.2 Å². The Balaban J connectivity index is 0.000000465. The zero-order valence-electron chi connectivity index (χ0n) is 36.1. The monoisotopic (exact) mass is 1440 g/mol. The number of phenolic OH excluding ortho intramolecular Hbond substituents is 2. The Labute approximate surface area is 460 Å². The minimum atomic E-state index is -0.826.